The Balaban J connectivity index is 0.000000438. The number of pyridine rings is 1. The van der Waals surface area contributed by atoms with Gasteiger partial charge in [0, 0.05) is 53.9 Å². The minimum Gasteiger partial charge on any atom is -0.360 e. The number of hydrogen-bond donors (Lipinski definition) is 2. The van der Waals surface area contributed by atoms with E-state index in [2.05, 4.69) is 40.8 Å². The van der Waals surface area contributed by atoms with E-state index < -0.39 is 0 Å². The second-order valence-electron chi connectivity index (χ2n) is 6.88. The lowest BCUT2D eigenvalue weighted by Crippen LogP contribution is -2.25. The predicted molar refractivity (Wildman–Crippen MR) is 119 cm³/mol. The van der Waals surface area contributed by atoms with Gasteiger partial charge in [-0.25, -0.2) is 9.37 Å². The fourth-order valence-electron chi connectivity index (χ4n) is 3.09. The summed E-state index contributed by atoms with van der Waals surface area (Å²) in [6.45, 7) is 8.40. The molecule has 0 saturated heterocycles. The topological polar surface area (TPSA) is 75.0 Å². The van der Waals surface area contributed by atoms with Gasteiger partial charge in [-0.1, -0.05) is 20.8 Å². The zero-order chi connectivity index (χ0) is 21.2. The quantitative estimate of drug-likeness (QED) is 0.565. The summed E-state index contributed by atoms with van der Waals surface area (Å²) in [5, 5.41) is 1.01. The molecule has 0 aliphatic carbocycles. The van der Waals surface area contributed by atoms with Crippen LogP contribution in [0.4, 0.5) is 10.2 Å². The van der Waals surface area contributed by atoms with E-state index in [0.29, 0.717) is 6.42 Å². The van der Waals surface area contributed by atoms with E-state index in [1.165, 1.54) is 12.1 Å². The number of Topliss-reactive ketones (excluding diaryl/α,β-unsaturated/α-hetero) is 1. The summed E-state index contributed by atoms with van der Waals surface area (Å²) < 4.78 is 13.3. The first kappa shape index (κ1) is 22.6. The summed E-state index contributed by atoms with van der Waals surface area (Å²) in [5.41, 5.74) is 7.83. The Morgan fingerprint density at radius 2 is 1.86 bits per heavy atom. The SMILES string of the molecule is CCC(=O)CN.CCCN(CCC)c1ccc(-c2c[nH]c3cc(F)ccc23)cn1. The van der Waals surface area contributed by atoms with Crippen LogP contribution in [0.15, 0.2) is 42.7 Å². The minimum absolute atomic E-state index is 0.120. The van der Waals surface area contributed by atoms with Gasteiger partial charge in [0.2, 0.25) is 0 Å². The Bertz CT molecular complexity index is 893. The molecule has 0 atom stereocenters. The molecule has 0 spiro atoms. The molecule has 3 N–H and O–H groups in total. The highest BCUT2D eigenvalue weighted by Gasteiger charge is 2.10. The monoisotopic (exact) mass is 398 g/mol. The molecule has 29 heavy (non-hydrogen) atoms. The van der Waals surface area contributed by atoms with Crippen molar-refractivity contribution >= 4 is 22.5 Å². The minimum atomic E-state index is -0.228. The lowest BCUT2D eigenvalue weighted by molar-refractivity contribution is -0.117. The largest absolute Gasteiger partial charge is 0.360 e. The highest BCUT2D eigenvalue weighted by molar-refractivity contribution is 5.95. The van der Waals surface area contributed by atoms with Crippen LogP contribution in [-0.4, -0.2) is 35.4 Å². The zero-order valence-corrected chi connectivity index (χ0v) is 17.5. The normalized spacial score (nSPS) is 10.5. The fraction of sp³-hybridized carbons (Fsp3) is 0.391. The van der Waals surface area contributed by atoms with Crippen LogP contribution in [0.25, 0.3) is 22.0 Å². The first-order valence-corrected chi connectivity index (χ1v) is 10.2. The second kappa shape index (κ2) is 11.3. The molecule has 0 radical (unpaired) electrons. The molecule has 1 aromatic carbocycles. The average molecular weight is 399 g/mol. The summed E-state index contributed by atoms with van der Waals surface area (Å²) in [6.07, 6.45) is 6.60. The molecule has 6 heteroatoms. The maximum absolute atomic E-state index is 13.3. The number of fused-ring (bicyclic) bond motifs is 1. The predicted octanol–water partition coefficient (Wildman–Crippen LogP) is 4.92. The van der Waals surface area contributed by atoms with Gasteiger partial charge in [-0.2, -0.15) is 0 Å². The van der Waals surface area contributed by atoms with E-state index >= 15 is 0 Å². The number of nitrogens with two attached hydrogens (primary N) is 1. The van der Waals surface area contributed by atoms with Gasteiger partial charge in [-0.15, -0.1) is 0 Å². The average Bonchev–Trinajstić information content (AvgIpc) is 3.16. The molecule has 2 aromatic heterocycles. The van der Waals surface area contributed by atoms with Gasteiger partial charge in [0.25, 0.3) is 0 Å². The van der Waals surface area contributed by atoms with Crippen molar-refractivity contribution in [2.75, 3.05) is 24.5 Å². The molecule has 156 valence electrons. The first-order valence-electron chi connectivity index (χ1n) is 10.2. The first-order chi connectivity index (χ1) is 14.0. The highest BCUT2D eigenvalue weighted by Crippen LogP contribution is 2.29. The molecule has 0 amide bonds. The number of halogens is 1. The number of anilines is 1. The standard InChI is InChI=1S/C19H22FN3.C4H9NO/c1-3-9-23(10-4-2)19-8-5-14(12-22-19)17-13-21-18-11-15(20)6-7-16(17)18;1-2-4(6)3-5/h5-8,11-13,21H,3-4,9-10H2,1-2H3;2-3,5H2,1H3. The van der Waals surface area contributed by atoms with Crippen molar-refractivity contribution in [3.63, 3.8) is 0 Å². The summed E-state index contributed by atoms with van der Waals surface area (Å²) in [4.78, 5) is 20.1. The van der Waals surface area contributed by atoms with Crippen LogP contribution < -0.4 is 10.6 Å². The molecule has 0 aliphatic heterocycles. The number of carbonyl (C=O) groups excluding carboxylic acids is 1. The molecule has 2 heterocycles. The molecule has 0 aliphatic rings. The van der Waals surface area contributed by atoms with Crippen molar-refractivity contribution < 1.29 is 9.18 Å². The maximum atomic E-state index is 13.3. The Kier molecular flexibility index (Phi) is 8.80. The van der Waals surface area contributed by atoms with Crippen LogP contribution in [0.2, 0.25) is 0 Å². The van der Waals surface area contributed by atoms with Crippen molar-refractivity contribution in [1.82, 2.24) is 9.97 Å². The van der Waals surface area contributed by atoms with Crippen molar-refractivity contribution in [2.45, 2.75) is 40.0 Å². The summed E-state index contributed by atoms with van der Waals surface area (Å²) in [7, 11) is 0. The van der Waals surface area contributed by atoms with Crippen LogP contribution >= 0.6 is 0 Å². The van der Waals surface area contributed by atoms with E-state index in [1.54, 1.807) is 6.92 Å². The molecule has 5 nitrogen and oxygen atoms in total. The van der Waals surface area contributed by atoms with E-state index in [9.17, 15) is 9.18 Å². The molecule has 0 bridgehead atoms. The lowest BCUT2D eigenvalue weighted by Gasteiger charge is -2.22. The van der Waals surface area contributed by atoms with E-state index in [-0.39, 0.29) is 18.1 Å². The third-order valence-electron chi connectivity index (χ3n) is 4.64. The van der Waals surface area contributed by atoms with Crippen LogP contribution in [0.3, 0.4) is 0 Å². The molecular weight excluding hydrogens is 367 g/mol. The number of ketones is 1. The Morgan fingerprint density at radius 3 is 2.38 bits per heavy atom. The number of H-pyrrole nitrogens is 1. The number of nitrogens with one attached hydrogen (secondary N) is 1. The van der Waals surface area contributed by atoms with Crippen LogP contribution in [-0.2, 0) is 4.79 Å². The number of aromatic nitrogens is 2. The molecular formula is C23H31FN4O. The fourth-order valence-corrected chi connectivity index (χ4v) is 3.09. The van der Waals surface area contributed by atoms with E-state index in [1.807, 2.05) is 18.5 Å². The van der Waals surface area contributed by atoms with E-state index in [0.717, 1.165) is 53.8 Å². The number of nitrogens with zero attached hydrogens (tertiary/aromatic N) is 2. The molecule has 3 rings (SSSR count). The summed E-state index contributed by atoms with van der Waals surface area (Å²) in [5.74, 6) is 0.910. The number of hydrogen-bond acceptors (Lipinski definition) is 4. The van der Waals surface area contributed by atoms with Crippen LogP contribution in [0, 0.1) is 5.82 Å². The van der Waals surface area contributed by atoms with Gasteiger partial charge < -0.3 is 15.6 Å². The Morgan fingerprint density at radius 1 is 1.14 bits per heavy atom. The zero-order valence-electron chi connectivity index (χ0n) is 17.5. The number of carbonyl (C=O) groups is 1. The Labute approximate surface area is 172 Å². The summed E-state index contributed by atoms with van der Waals surface area (Å²) >= 11 is 0. The van der Waals surface area contributed by atoms with Crippen LogP contribution in [0.5, 0.6) is 0 Å². The van der Waals surface area contributed by atoms with Crippen LogP contribution in [0.1, 0.15) is 40.0 Å². The van der Waals surface area contributed by atoms with Crippen molar-refractivity contribution in [2.24, 2.45) is 5.73 Å². The smallest absolute Gasteiger partial charge is 0.146 e. The molecule has 0 saturated carbocycles. The third-order valence-corrected chi connectivity index (χ3v) is 4.64. The van der Waals surface area contributed by atoms with Gasteiger partial charge in [-0.05, 0) is 43.2 Å². The Hall–Kier alpha value is -2.73. The number of aromatic amines is 1. The third kappa shape index (κ3) is 6.12. The maximum Gasteiger partial charge on any atom is 0.146 e. The highest BCUT2D eigenvalue weighted by atomic mass is 19.1. The molecule has 0 fully saturated rings. The van der Waals surface area contributed by atoms with Gasteiger partial charge in [0.1, 0.15) is 17.4 Å². The lowest BCUT2D eigenvalue weighted by atomic mass is 10.1. The van der Waals surface area contributed by atoms with Gasteiger partial charge in [0.05, 0.1) is 6.54 Å². The van der Waals surface area contributed by atoms with Crippen molar-refractivity contribution in [1.29, 1.82) is 0 Å². The van der Waals surface area contributed by atoms with Crippen molar-refractivity contribution in [3.05, 3.63) is 48.5 Å². The van der Waals surface area contributed by atoms with E-state index in [4.69, 9.17) is 5.73 Å². The van der Waals surface area contributed by atoms with Crippen molar-refractivity contribution in [3.8, 4) is 11.1 Å². The van der Waals surface area contributed by atoms with Gasteiger partial charge in [-0.3, -0.25) is 4.79 Å². The van der Waals surface area contributed by atoms with Gasteiger partial charge in [0.15, 0.2) is 0 Å². The number of benzene rings is 1. The number of rotatable bonds is 8. The molecule has 3 aromatic rings. The second-order valence-corrected chi connectivity index (χ2v) is 6.88. The summed E-state index contributed by atoms with van der Waals surface area (Å²) in [6, 6.07) is 8.98. The van der Waals surface area contributed by atoms with Gasteiger partial charge >= 0.3 is 0 Å². The molecule has 0 unspecified atom stereocenters.